The van der Waals surface area contributed by atoms with Crippen molar-refractivity contribution in [2.24, 2.45) is 5.92 Å². The Balaban J connectivity index is 2.36. The predicted octanol–water partition coefficient (Wildman–Crippen LogP) is 4.66. The van der Waals surface area contributed by atoms with E-state index in [-0.39, 0.29) is 5.91 Å². The molecule has 1 aromatic carbocycles. The minimum absolute atomic E-state index is 0.0669. The largest absolute Gasteiger partial charge is 0.352 e. The molecule has 0 aromatic heterocycles. The van der Waals surface area contributed by atoms with Gasteiger partial charge in [0.2, 0.25) is 0 Å². The Bertz CT molecular complexity index is 387. The normalized spacial score (nSPS) is 10.7. The van der Waals surface area contributed by atoms with Gasteiger partial charge in [-0.2, -0.15) is 0 Å². The van der Waals surface area contributed by atoms with Crippen LogP contribution < -0.4 is 5.32 Å². The van der Waals surface area contributed by atoms with Crippen LogP contribution in [0.2, 0.25) is 5.02 Å². The van der Waals surface area contributed by atoms with Gasteiger partial charge < -0.3 is 5.32 Å². The lowest BCUT2D eigenvalue weighted by molar-refractivity contribution is 0.0953. The van der Waals surface area contributed by atoms with Crippen molar-refractivity contribution in [1.82, 2.24) is 5.32 Å². The molecule has 0 saturated heterocycles. The zero-order valence-electron chi connectivity index (χ0n) is 10.8. The van der Waals surface area contributed by atoms with E-state index in [9.17, 15) is 4.79 Å². The summed E-state index contributed by atoms with van der Waals surface area (Å²) in [4.78, 5) is 11.9. The number of nitrogens with one attached hydrogen (secondary N) is 1. The summed E-state index contributed by atoms with van der Waals surface area (Å²) in [5.41, 5.74) is 0.596. The second kappa shape index (κ2) is 7.80. The van der Waals surface area contributed by atoms with E-state index in [1.165, 1.54) is 6.42 Å². The molecule has 4 heteroatoms. The summed E-state index contributed by atoms with van der Waals surface area (Å²) in [5.74, 6) is 0.660. The van der Waals surface area contributed by atoms with E-state index < -0.39 is 0 Å². The Labute approximate surface area is 122 Å². The number of hydrogen-bond donors (Lipinski definition) is 1. The molecule has 18 heavy (non-hydrogen) atoms. The summed E-state index contributed by atoms with van der Waals surface area (Å²) in [7, 11) is 0. The van der Waals surface area contributed by atoms with Gasteiger partial charge in [-0.3, -0.25) is 4.79 Å². The Hall–Kier alpha value is -0.540. The quantitative estimate of drug-likeness (QED) is 0.754. The van der Waals surface area contributed by atoms with E-state index in [2.05, 4.69) is 35.1 Å². The van der Waals surface area contributed by atoms with Crippen LogP contribution in [-0.4, -0.2) is 12.5 Å². The molecular formula is C14H19BrClNO. The van der Waals surface area contributed by atoms with Crippen molar-refractivity contribution in [1.29, 1.82) is 0 Å². The molecule has 1 aromatic rings. The van der Waals surface area contributed by atoms with Crippen molar-refractivity contribution in [2.45, 2.75) is 33.1 Å². The first-order valence-corrected chi connectivity index (χ1v) is 7.40. The van der Waals surface area contributed by atoms with Crippen molar-refractivity contribution in [2.75, 3.05) is 6.54 Å². The van der Waals surface area contributed by atoms with Crippen molar-refractivity contribution in [3.05, 3.63) is 33.3 Å². The highest BCUT2D eigenvalue weighted by molar-refractivity contribution is 9.10. The number of amides is 1. The predicted molar refractivity (Wildman–Crippen MR) is 80.2 cm³/mol. The third-order valence-corrected chi connectivity index (χ3v) is 3.29. The molecule has 0 fully saturated rings. The second-order valence-electron chi connectivity index (χ2n) is 4.80. The van der Waals surface area contributed by atoms with Gasteiger partial charge in [0.25, 0.3) is 5.91 Å². The first kappa shape index (κ1) is 15.5. The van der Waals surface area contributed by atoms with Crippen LogP contribution in [0.25, 0.3) is 0 Å². The molecule has 0 saturated carbocycles. The Morgan fingerprint density at radius 1 is 1.33 bits per heavy atom. The molecule has 2 nitrogen and oxygen atoms in total. The van der Waals surface area contributed by atoms with Gasteiger partial charge in [0.1, 0.15) is 0 Å². The van der Waals surface area contributed by atoms with Crippen molar-refractivity contribution >= 4 is 33.4 Å². The van der Waals surface area contributed by atoms with E-state index in [4.69, 9.17) is 11.6 Å². The van der Waals surface area contributed by atoms with Crippen LogP contribution in [0.5, 0.6) is 0 Å². The minimum atomic E-state index is -0.0669. The zero-order chi connectivity index (χ0) is 13.5. The molecule has 0 unspecified atom stereocenters. The van der Waals surface area contributed by atoms with E-state index >= 15 is 0 Å². The first-order valence-electron chi connectivity index (χ1n) is 6.23. The Morgan fingerprint density at radius 2 is 2.06 bits per heavy atom. The van der Waals surface area contributed by atoms with Crippen LogP contribution in [0.1, 0.15) is 43.5 Å². The fourth-order valence-corrected chi connectivity index (χ4v) is 2.53. The molecule has 0 radical (unpaired) electrons. The van der Waals surface area contributed by atoms with Crippen LogP contribution in [0.4, 0.5) is 0 Å². The molecule has 0 aliphatic rings. The third-order valence-electron chi connectivity index (χ3n) is 2.62. The van der Waals surface area contributed by atoms with Crippen LogP contribution >= 0.6 is 27.5 Å². The fraction of sp³-hybridized carbons (Fsp3) is 0.500. The Kier molecular flexibility index (Phi) is 6.72. The lowest BCUT2D eigenvalue weighted by Crippen LogP contribution is -2.24. The summed E-state index contributed by atoms with van der Waals surface area (Å²) in [6.07, 6.45) is 3.38. The highest BCUT2D eigenvalue weighted by atomic mass is 79.9. The maximum atomic E-state index is 11.9. The van der Waals surface area contributed by atoms with E-state index in [0.29, 0.717) is 10.6 Å². The third kappa shape index (κ3) is 5.87. The highest BCUT2D eigenvalue weighted by Crippen LogP contribution is 2.19. The first-order chi connectivity index (χ1) is 8.49. The van der Waals surface area contributed by atoms with Gasteiger partial charge >= 0.3 is 0 Å². The molecular weight excluding hydrogens is 314 g/mol. The Morgan fingerprint density at radius 3 is 2.67 bits per heavy atom. The van der Waals surface area contributed by atoms with Crippen LogP contribution in [0, 0.1) is 5.92 Å². The van der Waals surface area contributed by atoms with Gasteiger partial charge in [-0.15, -0.1) is 0 Å². The molecule has 0 aliphatic heterocycles. The van der Waals surface area contributed by atoms with Crippen LogP contribution in [0.3, 0.4) is 0 Å². The SMILES string of the molecule is CC(C)CCCCNC(=O)c1cc(Cl)cc(Br)c1. The number of hydrogen-bond acceptors (Lipinski definition) is 1. The molecule has 0 heterocycles. The summed E-state index contributed by atoms with van der Waals surface area (Å²) in [6.45, 7) is 5.14. The van der Waals surface area contributed by atoms with Gasteiger partial charge in [-0.25, -0.2) is 0 Å². The molecule has 0 atom stereocenters. The van der Waals surface area contributed by atoms with Crippen LogP contribution in [0.15, 0.2) is 22.7 Å². The summed E-state index contributed by atoms with van der Waals surface area (Å²) in [5, 5.41) is 3.47. The summed E-state index contributed by atoms with van der Waals surface area (Å²) < 4.78 is 0.819. The van der Waals surface area contributed by atoms with Gasteiger partial charge in [0.15, 0.2) is 0 Å². The van der Waals surface area contributed by atoms with E-state index in [1.54, 1.807) is 18.2 Å². The number of carbonyl (C=O) groups is 1. The summed E-state index contributed by atoms with van der Waals surface area (Å²) in [6, 6.07) is 5.21. The number of halogens is 2. The lowest BCUT2D eigenvalue weighted by Gasteiger charge is -2.07. The molecule has 0 bridgehead atoms. The second-order valence-corrected chi connectivity index (χ2v) is 6.16. The van der Waals surface area contributed by atoms with E-state index in [0.717, 1.165) is 29.8 Å². The average Bonchev–Trinajstić information content (AvgIpc) is 2.26. The maximum absolute atomic E-state index is 11.9. The molecule has 0 spiro atoms. The van der Waals surface area contributed by atoms with Crippen molar-refractivity contribution in [3.8, 4) is 0 Å². The average molecular weight is 333 g/mol. The molecule has 0 aliphatic carbocycles. The monoisotopic (exact) mass is 331 g/mol. The summed E-state index contributed by atoms with van der Waals surface area (Å²) >= 11 is 9.23. The molecule has 1 amide bonds. The van der Waals surface area contributed by atoms with Gasteiger partial charge in [0.05, 0.1) is 0 Å². The highest BCUT2D eigenvalue weighted by Gasteiger charge is 2.06. The molecule has 1 N–H and O–H groups in total. The lowest BCUT2D eigenvalue weighted by atomic mass is 10.1. The topological polar surface area (TPSA) is 29.1 Å². The maximum Gasteiger partial charge on any atom is 0.251 e. The number of carbonyl (C=O) groups excluding carboxylic acids is 1. The number of rotatable bonds is 6. The van der Waals surface area contributed by atoms with Gasteiger partial charge in [-0.05, 0) is 30.5 Å². The van der Waals surface area contributed by atoms with E-state index in [1.807, 2.05) is 0 Å². The standard InChI is InChI=1S/C14H19BrClNO/c1-10(2)5-3-4-6-17-14(18)11-7-12(15)9-13(16)8-11/h7-10H,3-6H2,1-2H3,(H,17,18). The number of benzene rings is 1. The zero-order valence-corrected chi connectivity index (χ0v) is 13.1. The minimum Gasteiger partial charge on any atom is -0.352 e. The number of unbranched alkanes of at least 4 members (excludes halogenated alkanes) is 1. The van der Waals surface area contributed by atoms with Gasteiger partial charge in [-0.1, -0.05) is 54.2 Å². The smallest absolute Gasteiger partial charge is 0.251 e. The van der Waals surface area contributed by atoms with Crippen molar-refractivity contribution in [3.63, 3.8) is 0 Å². The molecule has 100 valence electrons. The fourth-order valence-electron chi connectivity index (χ4n) is 1.67. The molecule has 1 rings (SSSR count). The van der Waals surface area contributed by atoms with Gasteiger partial charge in [0, 0.05) is 21.6 Å². The van der Waals surface area contributed by atoms with Crippen LogP contribution in [-0.2, 0) is 0 Å². The van der Waals surface area contributed by atoms with Crippen molar-refractivity contribution < 1.29 is 4.79 Å².